The molecule has 5 nitrogen and oxygen atoms in total. The lowest BCUT2D eigenvalue weighted by Gasteiger charge is -2.21. The van der Waals surface area contributed by atoms with Gasteiger partial charge in [0.2, 0.25) is 5.91 Å². The van der Waals surface area contributed by atoms with E-state index in [0.29, 0.717) is 0 Å². The Morgan fingerprint density at radius 2 is 1.75 bits per heavy atom. The Labute approximate surface area is 119 Å². The van der Waals surface area contributed by atoms with E-state index in [0.717, 1.165) is 24.3 Å². The van der Waals surface area contributed by atoms with Crippen LogP contribution in [0.1, 0.15) is 26.3 Å². The van der Waals surface area contributed by atoms with Crippen LogP contribution < -0.4 is 10.2 Å². The van der Waals surface area contributed by atoms with Gasteiger partial charge in [-0.15, -0.1) is 0 Å². The number of carboxylic acids is 1. The van der Waals surface area contributed by atoms with E-state index in [9.17, 15) is 9.59 Å². The number of nitrogens with zero attached hydrogens (tertiary/aromatic N) is 1. The summed E-state index contributed by atoms with van der Waals surface area (Å²) in [5.74, 6) is -1.36. The fourth-order valence-electron chi connectivity index (χ4n) is 2.11. The van der Waals surface area contributed by atoms with Gasteiger partial charge in [0.25, 0.3) is 0 Å². The number of carbonyl (C=O) groups is 2. The topological polar surface area (TPSA) is 69.6 Å². The Hall–Kier alpha value is -2.04. The summed E-state index contributed by atoms with van der Waals surface area (Å²) in [6, 6.07) is 6.90. The summed E-state index contributed by atoms with van der Waals surface area (Å²) in [5, 5.41) is 11.5. The monoisotopic (exact) mass is 278 g/mol. The van der Waals surface area contributed by atoms with Crippen LogP contribution >= 0.6 is 0 Å². The van der Waals surface area contributed by atoms with Crippen LogP contribution in [0, 0.1) is 0 Å². The molecule has 0 bridgehead atoms. The number of amides is 1. The molecule has 0 saturated heterocycles. The van der Waals surface area contributed by atoms with Crippen molar-refractivity contribution in [3.05, 3.63) is 29.8 Å². The van der Waals surface area contributed by atoms with Crippen molar-refractivity contribution >= 4 is 17.6 Å². The highest BCUT2D eigenvalue weighted by molar-refractivity contribution is 5.82. The predicted molar refractivity (Wildman–Crippen MR) is 78.9 cm³/mol. The molecular weight excluding hydrogens is 256 g/mol. The molecule has 110 valence electrons. The first-order valence-electron chi connectivity index (χ1n) is 6.81. The van der Waals surface area contributed by atoms with Crippen LogP contribution in [-0.4, -0.2) is 36.1 Å². The summed E-state index contributed by atoms with van der Waals surface area (Å²) in [7, 11) is 0. The van der Waals surface area contributed by atoms with Gasteiger partial charge < -0.3 is 15.3 Å². The highest BCUT2D eigenvalue weighted by atomic mass is 16.4. The molecule has 0 heterocycles. The van der Waals surface area contributed by atoms with E-state index in [1.54, 1.807) is 0 Å². The molecule has 1 atom stereocenters. The van der Waals surface area contributed by atoms with E-state index in [4.69, 9.17) is 5.11 Å². The summed E-state index contributed by atoms with van der Waals surface area (Å²) in [5.41, 5.74) is 2.01. The van der Waals surface area contributed by atoms with E-state index in [1.807, 2.05) is 24.3 Å². The molecule has 0 aliphatic carbocycles. The molecule has 1 amide bonds. The first-order valence-corrected chi connectivity index (χ1v) is 6.81. The maximum absolute atomic E-state index is 11.1. The summed E-state index contributed by atoms with van der Waals surface area (Å²) >= 11 is 0. The Balaban J connectivity index is 2.77. The van der Waals surface area contributed by atoms with Crippen molar-refractivity contribution < 1.29 is 14.7 Å². The van der Waals surface area contributed by atoms with Crippen LogP contribution in [0.25, 0.3) is 0 Å². The molecule has 0 fully saturated rings. The van der Waals surface area contributed by atoms with E-state index in [-0.39, 0.29) is 12.3 Å². The van der Waals surface area contributed by atoms with Gasteiger partial charge in [-0.2, -0.15) is 0 Å². The zero-order valence-corrected chi connectivity index (χ0v) is 12.2. The predicted octanol–water partition coefficient (Wildman–Crippen LogP) is 1.66. The highest BCUT2D eigenvalue weighted by Gasteiger charge is 2.18. The van der Waals surface area contributed by atoms with Crippen molar-refractivity contribution in [3.63, 3.8) is 0 Å². The first kappa shape index (κ1) is 16.0. The zero-order valence-electron chi connectivity index (χ0n) is 12.2. The molecule has 1 aromatic rings. The summed E-state index contributed by atoms with van der Waals surface area (Å²) in [4.78, 5) is 24.3. The van der Waals surface area contributed by atoms with Crippen LogP contribution in [-0.2, 0) is 16.0 Å². The van der Waals surface area contributed by atoms with Crippen LogP contribution in [0.3, 0.4) is 0 Å². The molecule has 0 aliphatic rings. The second kappa shape index (κ2) is 7.53. The lowest BCUT2D eigenvalue weighted by Crippen LogP contribution is -2.41. The van der Waals surface area contributed by atoms with E-state index in [2.05, 4.69) is 24.1 Å². The number of rotatable bonds is 7. The maximum Gasteiger partial charge on any atom is 0.326 e. The molecule has 2 N–H and O–H groups in total. The van der Waals surface area contributed by atoms with Gasteiger partial charge in [-0.25, -0.2) is 4.79 Å². The molecule has 1 aromatic carbocycles. The van der Waals surface area contributed by atoms with E-state index < -0.39 is 12.0 Å². The molecular formula is C15H22N2O3. The third-order valence-corrected chi connectivity index (χ3v) is 3.18. The lowest BCUT2D eigenvalue weighted by molar-refractivity contribution is -0.141. The van der Waals surface area contributed by atoms with Gasteiger partial charge in [0.15, 0.2) is 0 Å². The van der Waals surface area contributed by atoms with Gasteiger partial charge in [0.05, 0.1) is 0 Å². The van der Waals surface area contributed by atoms with Gasteiger partial charge in [0, 0.05) is 32.1 Å². The highest BCUT2D eigenvalue weighted by Crippen LogP contribution is 2.15. The number of hydrogen-bond donors (Lipinski definition) is 2. The quantitative estimate of drug-likeness (QED) is 0.796. The smallest absolute Gasteiger partial charge is 0.326 e. The van der Waals surface area contributed by atoms with Gasteiger partial charge in [-0.05, 0) is 31.5 Å². The minimum absolute atomic E-state index is 0.285. The average Bonchev–Trinajstić information content (AvgIpc) is 2.40. The largest absolute Gasteiger partial charge is 0.480 e. The van der Waals surface area contributed by atoms with Crippen molar-refractivity contribution in [2.24, 2.45) is 0 Å². The summed E-state index contributed by atoms with van der Waals surface area (Å²) in [6.07, 6.45) is 0.285. The van der Waals surface area contributed by atoms with Crippen LogP contribution in [0.15, 0.2) is 24.3 Å². The molecule has 1 unspecified atom stereocenters. The number of benzene rings is 1. The number of carbonyl (C=O) groups excluding carboxylic acids is 1. The fraction of sp³-hybridized carbons (Fsp3) is 0.467. The number of carboxylic acid groups (broad SMARTS) is 1. The molecule has 0 aromatic heterocycles. The Bertz CT molecular complexity index is 453. The maximum atomic E-state index is 11.1. The van der Waals surface area contributed by atoms with Crippen molar-refractivity contribution in [3.8, 4) is 0 Å². The molecule has 0 radical (unpaired) electrons. The molecule has 5 heteroatoms. The van der Waals surface area contributed by atoms with E-state index >= 15 is 0 Å². The summed E-state index contributed by atoms with van der Waals surface area (Å²) in [6.45, 7) is 7.36. The Morgan fingerprint density at radius 1 is 1.20 bits per heavy atom. The number of aliphatic carboxylic acids is 1. The standard InChI is InChI=1S/C15H22N2O3/c1-4-17(5-2)13-8-6-12(7-9-13)10-14(15(19)20)16-11(3)18/h6-9,14H,4-5,10H2,1-3H3,(H,16,18)(H,19,20). The molecule has 1 rings (SSSR count). The Morgan fingerprint density at radius 3 is 2.15 bits per heavy atom. The molecule has 0 saturated carbocycles. The van der Waals surface area contributed by atoms with Crippen molar-refractivity contribution in [1.82, 2.24) is 5.32 Å². The molecule has 0 aliphatic heterocycles. The second-order valence-electron chi connectivity index (χ2n) is 4.63. The average molecular weight is 278 g/mol. The Kier molecular flexibility index (Phi) is 6.03. The third kappa shape index (κ3) is 4.57. The van der Waals surface area contributed by atoms with Gasteiger partial charge in [-0.3, -0.25) is 4.79 Å². The zero-order chi connectivity index (χ0) is 15.1. The molecule has 0 spiro atoms. The van der Waals surface area contributed by atoms with Crippen LogP contribution in [0.5, 0.6) is 0 Å². The summed E-state index contributed by atoms with van der Waals surface area (Å²) < 4.78 is 0. The minimum Gasteiger partial charge on any atom is -0.480 e. The minimum atomic E-state index is -1.02. The van der Waals surface area contributed by atoms with Crippen LogP contribution in [0.4, 0.5) is 5.69 Å². The second-order valence-corrected chi connectivity index (χ2v) is 4.63. The number of hydrogen-bond acceptors (Lipinski definition) is 3. The number of nitrogens with one attached hydrogen (secondary N) is 1. The van der Waals surface area contributed by atoms with Gasteiger partial charge in [-0.1, -0.05) is 12.1 Å². The normalized spacial score (nSPS) is 11.8. The lowest BCUT2D eigenvalue weighted by atomic mass is 10.1. The van der Waals surface area contributed by atoms with Crippen molar-refractivity contribution in [1.29, 1.82) is 0 Å². The third-order valence-electron chi connectivity index (χ3n) is 3.18. The van der Waals surface area contributed by atoms with Gasteiger partial charge >= 0.3 is 5.97 Å². The fourth-order valence-corrected chi connectivity index (χ4v) is 2.11. The van der Waals surface area contributed by atoms with Gasteiger partial charge in [0.1, 0.15) is 6.04 Å². The van der Waals surface area contributed by atoms with Crippen LogP contribution in [0.2, 0.25) is 0 Å². The van der Waals surface area contributed by atoms with E-state index in [1.165, 1.54) is 6.92 Å². The number of anilines is 1. The molecule has 20 heavy (non-hydrogen) atoms. The van der Waals surface area contributed by atoms with Crippen molar-refractivity contribution in [2.45, 2.75) is 33.2 Å². The first-order chi connectivity index (χ1) is 9.47. The SMILES string of the molecule is CCN(CC)c1ccc(CC(NC(C)=O)C(=O)O)cc1. The van der Waals surface area contributed by atoms with Crippen molar-refractivity contribution in [2.75, 3.05) is 18.0 Å².